The Morgan fingerprint density at radius 2 is 1.53 bits per heavy atom. The molecule has 2 aliphatic carbocycles. The summed E-state index contributed by atoms with van der Waals surface area (Å²) in [5.74, 6) is -0.192. The van der Waals surface area contributed by atoms with Crippen LogP contribution in [0.4, 0.5) is 0 Å². The van der Waals surface area contributed by atoms with Crippen LogP contribution >= 0.6 is 104 Å². The van der Waals surface area contributed by atoms with Gasteiger partial charge in [-0.05, 0) is 12.3 Å². The molecule has 0 aromatic rings. The molecule has 2 bridgehead atoms. The van der Waals surface area contributed by atoms with Crippen molar-refractivity contribution in [1.82, 2.24) is 0 Å². The van der Waals surface area contributed by atoms with E-state index >= 15 is 0 Å². The van der Waals surface area contributed by atoms with E-state index in [1.807, 2.05) is 0 Å². The van der Waals surface area contributed by atoms with Crippen molar-refractivity contribution >= 4 is 104 Å². The summed E-state index contributed by atoms with van der Waals surface area (Å²) in [6.45, 7) is 0. The van der Waals surface area contributed by atoms with Gasteiger partial charge in [-0.1, -0.05) is 0 Å². The van der Waals surface area contributed by atoms with Crippen LogP contribution in [0.3, 0.4) is 0 Å². The molecule has 0 amide bonds. The van der Waals surface area contributed by atoms with Gasteiger partial charge in [-0.15, -0.1) is 104 Å². The third-order valence-electron chi connectivity index (χ3n) is 4.57. The van der Waals surface area contributed by atoms with Crippen molar-refractivity contribution < 1.29 is 0 Å². The molecule has 0 N–H and O–H groups in total. The minimum absolute atomic E-state index is 0.0684. The highest BCUT2D eigenvalue weighted by molar-refractivity contribution is 6.54. The Balaban J connectivity index is 2.74. The molecule has 2 rings (SSSR count). The first-order valence-corrected chi connectivity index (χ1v) is 9.30. The smallest absolute Gasteiger partial charge is 0.126 e. The van der Waals surface area contributed by atoms with Crippen LogP contribution in [0.1, 0.15) is 6.42 Å². The Hall–Kier alpha value is 2.61. The summed E-state index contributed by atoms with van der Waals surface area (Å²) in [6.07, 6.45) is 0.339. The zero-order valence-corrected chi connectivity index (χ0v) is 16.0. The van der Waals surface area contributed by atoms with E-state index in [-0.39, 0.29) is 11.8 Å². The van der Waals surface area contributed by atoms with Crippen LogP contribution in [0.2, 0.25) is 0 Å². The molecular formula is C10H9Cl9. The fourth-order valence-corrected chi connectivity index (χ4v) is 9.10. The Morgan fingerprint density at radius 3 is 1.84 bits per heavy atom. The summed E-state index contributed by atoms with van der Waals surface area (Å²) in [4.78, 5) is -1.89. The zero-order valence-electron chi connectivity index (χ0n) is 9.20. The average molecular weight is 448 g/mol. The normalized spacial score (nSPS) is 48.5. The summed E-state index contributed by atoms with van der Waals surface area (Å²) in [5.41, 5.74) is -2.12. The molecule has 0 aromatic heterocycles. The zero-order chi connectivity index (χ0) is 14.8. The Morgan fingerprint density at radius 1 is 1.00 bits per heavy atom. The van der Waals surface area contributed by atoms with Gasteiger partial charge < -0.3 is 0 Å². The second-order valence-electron chi connectivity index (χ2n) is 5.01. The fraction of sp³-hybridized carbons (Fsp3) is 1.00. The molecular weight excluding hydrogens is 439 g/mol. The maximum absolute atomic E-state index is 6.46. The SMILES string of the molecule is ClCC1(C(Cl)Cl)C2CC(Cl)(Cl)C1(C(Cl)Cl)[C@@H](Cl)[C@@H]2Cl. The third kappa shape index (κ3) is 1.94. The summed E-state index contributed by atoms with van der Waals surface area (Å²) in [6, 6.07) is 0. The van der Waals surface area contributed by atoms with Gasteiger partial charge in [0, 0.05) is 11.3 Å². The van der Waals surface area contributed by atoms with Gasteiger partial charge in [0.2, 0.25) is 0 Å². The number of fused-ring (bicyclic) bond motifs is 2. The Kier molecular flexibility index (Phi) is 5.30. The van der Waals surface area contributed by atoms with Crippen molar-refractivity contribution in [3.05, 3.63) is 0 Å². The summed E-state index contributed by atoms with van der Waals surface area (Å²) in [5, 5.41) is -1.13. The predicted molar refractivity (Wildman–Crippen MR) is 88.4 cm³/mol. The largest absolute Gasteiger partial charge is 0.129 e. The number of halogens is 9. The number of hydrogen-bond acceptors (Lipinski definition) is 0. The van der Waals surface area contributed by atoms with Gasteiger partial charge in [0.1, 0.15) is 14.0 Å². The number of alkyl halides is 9. The summed E-state index contributed by atoms with van der Waals surface area (Å²) < 4.78 is -1.29. The van der Waals surface area contributed by atoms with Crippen LogP contribution in [-0.2, 0) is 0 Å². The van der Waals surface area contributed by atoms with Crippen molar-refractivity contribution in [3.63, 3.8) is 0 Å². The van der Waals surface area contributed by atoms with Gasteiger partial charge in [-0.25, -0.2) is 0 Å². The van der Waals surface area contributed by atoms with Crippen molar-refractivity contribution in [2.24, 2.45) is 16.7 Å². The molecule has 0 heterocycles. The van der Waals surface area contributed by atoms with Crippen molar-refractivity contribution in [2.75, 3.05) is 5.88 Å². The van der Waals surface area contributed by atoms with E-state index in [9.17, 15) is 0 Å². The van der Waals surface area contributed by atoms with Gasteiger partial charge >= 0.3 is 0 Å². The van der Waals surface area contributed by atoms with Crippen LogP contribution < -0.4 is 0 Å². The average Bonchev–Trinajstić information content (AvgIpc) is 2.62. The second-order valence-corrected chi connectivity index (χ2v) is 9.92. The lowest BCUT2D eigenvalue weighted by molar-refractivity contribution is 0.137. The second kappa shape index (κ2) is 5.60. The van der Waals surface area contributed by atoms with E-state index < -0.39 is 35.6 Å². The molecule has 0 saturated heterocycles. The number of rotatable bonds is 3. The monoisotopic (exact) mass is 444 g/mol. The fourth-order valence-electron chi connectivity index (χ4n) is 3.68. The maximum atomic E-state index is 6.46. The highest BCUT2D eigenvalue weighted by Crippen LogP contribution is 2.79. The van der Waals surface area contributed by atoms with Crippen molar-refractivity contribution in [2.45, 2.75) is 31.2 Å². The molecule has 3 unspecified atom stereocenters. The molecule has 0 radical (unpaired) electrons. The van der Waals surface area contributed by atoms with E-state index in [4.69, 9.17) is 104 Å². The van der Waals surface area contributed by atoms with E-state index in [1.54, 1.807) is 0 Å². The molecule has 19 heavy (non-hydrogen) atoms. The Bertz CT molecular complexity index is 370. The first kappa shape index (κ1) is 18.0. The van der Waals surface area contributed by atoms with Gasteiger partial charge in [0.15, 0.2) is 0 Å². The lowest BCUT2D eigenvalue weighted by Gasteiger charge is -2.50. The van der Waals surface area contributed by atoms with E-state index in [2.05, 4.69) is 0 Å². The van der Waals surface area contributed by atoms with Crippen LogP contribution in [0.15, 0.2) is 0 Å². The number of hydrogen-bond donors (Lipinski definition) is 0. The van der Waals surface area contributed by atoms with Crippen LogP contribution in [0, 0.1) is 16.7 Å². The standard InChI is InChI=1S/C10H9Cl9/c11-2-8(6(14)15)3-1-9(18,19)10(8,7(16)17)5(13)4(3)12/h3-7H,1-2H2/t3?,4-,5+,8?,10?/m1/s1. The lowest BCUT2D eigenvalue weighted by Crippen LogP contribution is -2.58. The topological polar surface area (TPSA) is 0 Å². The van der Waals surface area contributed by atoms with E-state index in [0.29, 0.717) is 6.42 Å². The van der Waals surface area contributed by atoms with E-state index in [1.165, 1.54) is 0 Å². The van der Waals surface area contributed by atoms with Gasteiger partial charge in [0.25, 0.3) is 0 Å². The van der Waals surface area contributed by atoms with Gasteiger partial charge in [-0.2, -0.15) is 0 Å². The minimum atomic E-state index is -1.29. The molecule has 112 valence electrons. The highest BCUT2D eigenvalue weighted by Gasteiger charge is 2.84. The van der Waals surface area contributed by atoms with Crippen molar-refractivity contribution in [3.8, 4) is 0 Å². The molecule has 9 heteroatoms. The molecule has 0 spiro atoms. The first-order valence-electron chi connectivity index (χ1n) is 5.39. The van der Waals surface area contributed by atoms with Gasteiger partial charge in [0.05, 0.1) is 16.2 Å². The molecule has 5 atom stereocenters. The van der Waals surface area contributed by atoms with E-state index in [0.717, 1.165) is 0 Å². The molecule has 2 fully saturated rings. The lowest BCUT2D eigenvalue weighted by atomic mass is 9.69. The quantitative estimate of drug-likeness (QED) is 0.450. The molecule has 2 saturated carbocycles. The molecule has 0 nitrogen and oxygen atoms in total. The van der Waals surface area contributed by atoms with Crippen LogP contribution in [0.25, 0.3) is 0 Å². The third-order valence-corrected chi connectivity index (χ3v) is 8.71. The predicted octanol–water partition coefficient (Wildman–Crippen LogP) is 6.23. The molecule has 0 aromatic carbocycles. The van der Waals surface area contributed by atoms with Crippen LogP contribution in [-0.4, -0.2) is 30.6 Å². The Labute approximate surface area is 157 Å². The van der Waals surface area contributed by atoms with Crippen molar-refractivity contribution in [1.29, 1.82) is 0 Å². The highest BCUT2D eigenvalue weighted by atomic mass is 35.5. The summed E-state index contributed by atoms with van der Waals surface area (Å²) in [7, 11) is 0. The molecule has 0 aliphatic heterocycles. The first-order chi connectivity index (χ1) is 8.61. The van der Waals surface area contributed by atoms with Gasteiger partial charge in [-0.3, -0.25) is 0 Å². The molecule has 2 aliphatic rings. The maximum Gasteiger partial charge on any atom is 0.129 e. The van der Waals surface area contributed by atoms with Crippen LogP contribution in [0.5, 0.6) is 0 Å². The summed E-state index contributed by atoms with van der Waals surface area (Å²) >= 11 is 56.7. The minimum Gasteiger partial charge on any atom is -0.126 e.